The van der Waals surface area contributed by atoms with Crippen molar-refractivity contribution in [3.05, 3.63) is 53.1 Å². The molecule has 0 aliphatic heterocycles. The molecule has 1 aliphatic carbocycles. The maximum atomic E-state index is 12.9. The van der Waals surface area contributed by atoms with E-state index in [1.54, 1.807) is 18.3 Å². The third-order valence-corrected chi connectivity index (χ3v) is 3.78. The van der Waals surface area contributed by atoms with Crippen LogP contribution >= 0.6 is 0 Å². The molecule has 20 heavy (non-hydrogen) atoms. The van der Waals surface area contributed by atoms with Crippen LogP contribution in [-0.4, -0.2) is 15.6 Å². The Bertz CT molecular complexity index is 656. The van der Waals surface area contributed by atoms with Crippen molar-refractivity contribution < 1.29 is 9.18 Å². The van der Waals surface area contributed by atoms with Crippen LogP contribution in [0.4, 0.5) is 4.39 Å². The second-order valence-corrected chi connectivity index (χ2v) is 6.23. The number of carbonyl (C=O) groups is 1. The van der Waals surface area contributed by atoms with E-state index < -0.39 is 0 Å². The molecule has 0 saturated carbocycles. The third kappa shape index (κ3) is 2.38. The highest BCUT2D eigenvalue weighted by molar-refractivity contribution is 5.98. The van der Waals surface area contributed by atoms with E-state index in [1.165, 1.54) is 12.1 Å². The highest BCUT2D eigenvalue weighted by Gasteiger charge is 2.33. The Labute approximate surface area is 117 Å². The Kier molecular flexibility index (Phi) is 2.96. The normalized spacial score (nSPS) is 17.1. The van der Waals surface area contributed by atoms with Gasteiger partial charge in [0.15, 0.2) is 5.78 Å². The number of rotatable bonds is 2. The number of benzene rings is 1. The van der Waals surface area contributed by atoms with Gasteiger partial charge in [0, 0.05) is 6.42 Å². The number of carbonyl (C=O) groups excluding carboxylic acids is 1. The molecule has 0 radical (unpaired) electrons. The molecule has 0 fully saturated rings. The molecule has 0 atom stereocenters. The van der Waals surface area contributed by atoms with Gasteiger partial charge in [0.05, 0.1) is 24.0 Å². The van der Waals surface area contributed by atoms with Crippen LogP contribution in [-0.2, 0) is 13.0 Å². The number of aromatic nitrogens is 2. The van der Waals surface area contributed by atoms with Crippen LogP contribution in [0, 0.1) is 11.2 Å². The molecular weight excluding hydrogens is 255 g/mol. The van der Waals surface area contributed by atoms with Crippen molar-refractivity contribution in [2.75, 3.05) is 0 Å². The van der Waals surface area contributed by atoms with Crippen molar-refractivity contribution in [1.29, 1.82) is 0 Å². The van der Waals surface area contributed by atoms with E-state index in [2.05, 4.69) is 18.9 Å². The van der Waals surface area contributed by atoms with Crippen LogP contribution in [0.2, 0.25) is 0 Å². The molecule has 1 aromatic heterocycles. The molecule has 3 rings (SSSR count). The summed E-state index contributed by atoms with van der Waals surface area (Å²) >= 11 is 0. The highest BCUT2D eigenvalue weighted by atomic mass is 19.1. The molecule has 1 aromatic carbocycles. The van der Waals surface area contributed by atoms with E-state index in [-0.39, 0.29) is 17.0 Å². The molecule has 0 spiro atoms. The van der Waals surface area contributed by atoms with Crippen molar-refractivity contribution in [2.45, 2.75) is 33.2 Å². The predicted molar refractivity (Wildman–Crippen MR) is 74.2 cm³/mol. The summed E-state index contributed by atoms with van der Waals surface area (Å²) in [6, 6.07) is 6.39. The van der Waals surface area contributed by atoms with Crippen molar-refractivity contribution in [2.24, 2.45) is 5.41 Å². The molecule has 4 heteroatoms. The van der Waals surface area contributed by atoms with Gasteiger partial charge in [-0.3, -0.25) is 9.48 Å². The van der Waals surface area contributed by atoms with Gasteiger partial charge in [-0.25, -0.2) is 4.39 Å². The quantitative estimate of drug-likeness (QED) is 0.841. The molecule has 0 N–H and O–H groups in total. The van der Waals surface area contributed by atoms with Gasteiger partial charge in [-0.2, -0.15) is 5.10 Å². The molecule has 104 valence electrons. The van der Waals surface area contributed by atoms with E-state index in [1.807, 2.05) is 4.68 Å². The lowest BCUT2D eigenvalue weighted by Crippen LogP contribution is -2.28. The largest absolute Gasteiger partial charge is 0.294 e. The van der Waals surface area contributed by atoms with Crippen molar-refractivity contribution in [3.8, 4) is 0 Å². The third-order valence-electron chi connectivity index (χ3n) is 3.78. The second-order valence-electron chi connectivity index (χ2n) is 6.23. The lowest BCUT2D eigenvalue weighted by Gasteiger charge is -2.28. The maximum Gasteiger partial charge on any atom is 0.166 e. The van der Waals surface area contributed by atoms with Crippen LogP contribution in [0.5, 0.6) is 0 Å². The van der Waals surface area contributed by atoms with E-state index in [9.17, 15) is 9.18 Å². The van der Waals surface area contributed by atoms with Crippen LogP contribution < -0.4 is 0 Å². The first-order chi connectivity index (χ1) is 9.44. The van der Waals surface area contributed by atoms with Gasteiger partial charge in [-0.1, -0.05) is 26.0 Å². The van der Waals surface area contributed by atoms with Gasteiger partial charge in [-0.05, 0) is 29.5 Å². The summed E-state index contributed by atoms with van der Waals surface area (Å²) in [5.74, 6) is -0.0749. The zero-order valence-corrected chi connectivity index (χ0v) is 11.7. The number of Topliss-reactive ketones (excluding diaryl/α,β-unsaturated/α-hetero) is 1. The number of fused-ring (bicyclic) bond motifs is 1. The second kappa shape index (κ2) is 4.54. The van der Waals surface area contributed by atoms with E-state index in [4.69, 9.17) is 0 Å². The molecular formula is C16H17FN2O. The summed E-state index contributed by atoms with van der Waals surface area (Å²) < 4.78 is 14.8. The zero-order chi connectivity index (χ0) is 14.3. The van der Waals surface area contributed by atoms with Crippen molar-refractivity contribution >= 4 is 5.78 Å². The van der Waals surface area contributed by atoms with Gasteiger partial charge in [0.2, 0.25) is 0 Å². The fourth-order valence-corrected chi connectivity index (χ4v) is 2.77. The smallest absolute Gasteiger partial charge is 0.166 e. The SMILES string of the molecule is CC1(C)CC(=O)c2cnn(Cc3ccc(F)cc3)c2C1. The lowest BCUT2D eigenvalue weighted by molar-refractivity contribution is 0.0910. The Morgan fingerprint density at radius 2 is 1.95 bits per heavy atom. The topological polar surface area (TPSA) is 34.9 Å². The molecule has 0 bridgehead atoms. The minimum absolute atomic E-state index is 0.0232. The minimum atomic E-state index is -0.243. The predicted octanol–water partition coefficient (Wildman–Crippen LogP) is 3.23. The van der Waals surface area contributed by atoms with Gasteiger partial charge in [0.25, 0.3) is 0 Å². The van der Waals surface area contributed by atoms with E-state index >= 15 is 0 Å². The summed E-state index contributed by atoms with van der Waals surface area (Å²) in [6.07, 6.45) is 3.08. The Morgan fingerprint density at radius 3 is 2.65 bits per heavy atom. The standard InChI is InChI=1S/C16H17FN2O/c1-16(2)7-14-13(15(20)8-16)9-18-19(14)10-11-3-5-12(17)6-4-11/h3-6,9H,7-8,10H2,1-2H3. The van der Waals surface area contributed by atoms with Crippen LogP contribution in [0.3, 0.4) is 0 Å². The van der Waals surface area contributed by atoms with E-state index in [0.717, 1.165) is 23.2 Å². The Balaban J connectivity index is 1.93. The molecule has 1 aliphatic rings. The molecule has 0 saturated heterocycles. The summed E-state index contributed by atoms with van der Waals surface area (Å²) in [4.78, 5) is 12.1. The monoisotopic (exact) mass is 272 g/mol. The fraction of sp³-hybridized carbons (Fsp3) is 0.375. The average molecular weight is 272 g/mol. The first-order valence-electron chi connectivity index (χ1n) is 6.77. The number of ketones is 1. The molecule has 0 unspecified atom stereocenters. The first kappa shape index (κ1) is 13.0. The van der Waals surface area contributed by atoms with Crippen molar-refractivity contribution in [3.63, 3.8) is 0 Å². The molecule has 3 nitrogen and oxygen atoms in total. The van der Waals surface area contributed by atoms with Crippen LogP contribution in [0.15, 0.2) is 30.5 Å². The number of hydrogen-bond acceptors (Lipinski definition) is 2. The lowest BCUT2D eigenvalue weighted by atomic mass is 9.76. The number of nitrogens with zero attached hydrogens (tertiary/aromatic N) is 2. The summed E-state index contributed by atoms with van der Waals surface area (Å²) in [5.41, 5.74) is 2.69. The fourth-order valence-electron chi connectivity index (χ4n) is 2.77. The minimum Gasteiger partial charge on any atom is -0.294 e. The first-order valence-corrected chi connectivity index (χ1v) is 6.77. The highest BCUT2D eigenvalue weighted by Crippen LogP contribution is 2.34. The van der Waals surface area contributed by atoms with Crippen LogP contribution in [0.25, 0.3) is 0 Å². The summed E-state index contributed by atoms with van der Waals surface area (Å²) in [7, 11) is 0. The van der Waals surface area contributed by atoms with Gasteiger partial charge in [-0.15, -0.1) is 0 Å². The van der Waals surface area contributed by atoms with Crippen LogP contribution in [0.1, 0.15) is 41.9 Å². The average Bonchev–Trinajstić information content (AvgIpc) is 2.74. The Hall–Kier alpha value is -1.97. The number of hydrogen-bond donors (Lipinski definition) is 0. The summed E-state index contributed by atoms with van der Waals surface area (Å²) in [6.45, 7) is 4.77. The van der Waals surface area contributed by atoms with E-state index in [0.29, 0.717) is 13.0 Å². The zero-order valence-electron chi connectivity index (χ0n) is 11.7. The van der Waals surface area contributed by atoms with Gasteiger partial charge in [0.1, 0.15) is 5.82 Å². The Morgan fingerprint density at radius 1 is 1.25 bits per heavy atom. The maximum absolute atomic E-state index is 12.9. The molecule has 2 aromatic rings. The van der Waals surface area contributed by atoms with Gasteiger partial charge >= 0.3 is 0 Å². The molecule has 1 heterocycles. The number of halogens is 1. The van der Waals surface area contributed by atoms with Gasteiger partial charge < -0.3 is 0 Å². The van der Waals surface area contributed by atoms with Crippen molar-refractivity contribution in [1.82, 2.24) is 9.78 Å². The molecule has 0 amide bonds. The summed E-state index contributed by atoms with van der Waals surface area (Å²) in [5, 5.41) is 4.33.